The summed E-state index contributed by atoms with van der Waals surface area (Å²) in [7, 11) is 0. The van der Waals surface area contributed by atoms with Crippen LogP contribution in [0.15, 0.2) is 12.1 Å². The maximum absolute atomic E-state index is 13.8. The van der Waals surface area contributed by atoms with Gasteiger partial charge in [0.15, 0.2) is 0 Å². The fourth-order valence-electron chi connectivity index (χ4n) is 2.93. The van der Waals surface area contributed by atoms with Gasteiger partial charge in [0, 0.05) is 12.6 Å². The van der Waals surface area contributed by atoms with Crippen LogP contribution in [0.1, 0.15) is 44.3 Å². The first-order valence-electron chi connectivity index (χ1n) is 6.89. The first kappa shape index (κ1) is 14.2. The van der Waals surface area contributed by atoms with E-state index in [9.17, 15) is 4.39 Å². The summed E-state index contributed by atoms with van der Waals surface area (Å²) < 4.78 is 15.8. The van der Waals surface area contributed by atoms with Crippen LogP contribution in [0.3, 0.4) is 0 Å². The van der Waals surface area contributed by atoms with Crippen LogP contribution in [0.25, 0.3) is 11.0 Å². The van der Waals surface area contributed by atoms with Crippen molar-refractivity contribution in [1.82, 2.24) is 9.55 Å². The second-order valence-corrected chi connectivity index (χ2v) is 7.15. The lowest BCUT2D eigenvalue weighted by Gasteiger charge is -2.39. The lowest BCUT2D eigenvalue weighted by atomic mass is 9.70. The lowest BCUT2D eigenvalue weighted by molar-refractivity contribution is 0.132. The number of fused-ring (bicyclic) bond motifs is 1. The second kappa shape index (κ2) is 4.88. The van der Waals surface area contributed by atoms with Gasteiger partial charge >= 0.3 is 0 Å². The molecule has 0 bridgehead atoms. The van der Waals surface area contributed by atoms with E-state index in [-0.39, 0.29) is 15.8 Å². The van der Waals surface area contributed by atoms with Crippen molar-refractivity contribution in [2.75, 3.05) is 0 Å². The minimum absolute atomic E-state index is 0.103. The molecule has 2 aromatic rings. The van der Waals surface area contributed by atoms with Crippen LogP contribution >= 0.6 is 23.2 Å². The molecule has 1 saturated carbocycles. The summed E-state index contributed by atoms with van der Waals surface area (Å²) in [4.78, 5) is 4.54. The van der Waals surface area contributed by atoms with Crippen LogP contribution in [-0.2, 0) is 6.54 Å². The highest BCUT2D eigenvalue weighted by Gasteiger charge is 2.33. The van der Waals surface area contributed by atoms with Gasteiger partial charge in [0.2, 0.25) is 0 Å². The van der Waals surface area contributed by atoms with Crippen molar-refractivity contribution in [2.24, 2.45) is 5.41 Å². The topological polar surface area (TPSA) is 17.8 Å². The molecule has 0 saturated heterocycles. The zero-order valence-corrected chi connectivity index (χ0v) is 13.1. The minimum Gasteiger partial charge on any atom is -0.326 e. The van der Waals surface area contributed by atoms with Gasteiger partial charge in [-0.05, 0) is 31.2 Å². The van der Waals surface area contributed by atoms with Crippen LogP contribution in [0, 0.1) is 11.2 Å². The Morgan fingerprint density at radius 2 is 2.15 bits per heavy atom. The largest absolute Gasteiger partial charge is 0.326 e. The van der Waals surface area contributed by atoms with Crippen molar-refractivity contribution in [3.05, 3.63) is 28.8 Å². The number of hydrogen-bond donors (Lipinski definition) is 0. The van der Waals surface area contributed by atoms with Crippen molar-refractivity contribution in [2.45, 2.75) is 45.0 Å². The Kier molecular flexibility index (Phi) is 3.46. The summed E-state index contributed by atoms with van der Waals surface area (Å²) in [5.41, 5.74) is 1.76. The quantitative estimate of drug-likeness (QED) is 0.701. The normalized spacial score (nSPS) is 19.1. The standard InChI is InChI=1S/C15H17Cl2FN2/c1-9(16)14-19-12-6-10(17)11(18)7-13(12)20(14)8-15(2)4-3-5-15/h6-7,9H,3-5,8H2,1-2H3. The molecule has 1 atom stereocenters. The van der Waals surface area contributed by atoms with Gasteiger partial charge in [-0.25, -0.2) is 9.37 Å². The van der Waals surface area contributed by atoms with Crippen LogP contribution in [0.5, 0.6) is 0 Å². The van der Waals surface area contributed by atoms with Crippen LogP contribution in [-0.4, -0.2) is 9.55 Å². The van der Waals surface area contributed by atoms with Crippen molar-refractivity contribution in [3.8, 4) is 0 Å². The van der Waals surface area contributed by atoms with E-state index in [2.05, 4.69) is 16.5 Å². The minimum atomic E-state index is -0.409. The average molecular weight is 315 g/mol. The number of aromatic nitrogens is 2. The summed E-state index contributed by atoms with van der Waals surface area (Å²) in [5, 5.41) is -0.112. The summed E-state index contributed by atoms with van der Waals surface area (Å²) in [6, 6.07) is 3.05. The van der Waals surface area contributed by atoms with Gasteiger partial charge < -0.3 is 4.57 Å². The number of benzene rings is 1. The Morgan fingerprint density at radius 1 is 1.45 bits per heavy atom. The molecule has 108 valence electrons. The van der Waals surface area contributed by atoms with Crippen molar-refractivity contribution < 1.29 is 4.39 Å². The third-order valence-corrected chi connectivity index (χ3v) is 4.76. The Labute approximate surface area is 127 Å². The van der Waals surface area contributed by atoms with Crippen LogP contribution in [0.2, 0.25) is 5.02 Å². The molecule has 0 radical (unpaired) electrons. The molecule has 0 spiro atoms. The molecule has 1 fully saturated rings. The predicted molar refractivity (Wildman–Crippen MR) is 80.9 cm³/mol. The fourth-order valence-corrected chi connectivity index (χ4v) is 3.25. The molecule has 1 aliphatic carbocycles. The Balaban J connectivity index is 2.15. The van der Waals surface area contributed by atoms with Gasteiger partial charge in [0.05, 0.1) is 21.4 Å². The first-order valence-corrected chi connectivity index (χ1v) is 7.70. The molecular weight excluding hydrogens is 298 g/mol. The van der Waals surface area contributed by atoms with Crippen molar-refractivity contribution >= 4 is 34.2 Å². The van der Waals surface area contributed by atoms with Gasteiger partial charge in [0.1, 0.15) is 11.6 Å². The highest BCUT2D eigenvalue weighted by molar-refractivity contribution is 6.31. The highest BCUT2D eigenvalue weighted by Crippen LogP contribution is 2.43. The van der Waals surface area contributed by atoms with Gasteiger partial charge in [-0.1, -0.05) is 24.9 Å². The van der Waals surface area contributed by atoms with Gasteiger partial charge in [-0.2, -0.15) is 0 Å². The van der Waals surface area contributed by atoms with Crippen molar-refractivity contribution in [3.63, 3.8) is 0 Å². The Morgan fingerprint density at radius 3 is 2.70 bits per heavy atom. The predicted octanol–water partition coefficient (Wildman–Crippen LogP) is 5.32. The summed E-state index contributed by atoms with van der Waals surface area (Å²) in [5.74, 6) is 0.379. The first-order chi connectivity index (χ1) is 9.39. The third-order valence-electron chi connectivity index (χ3n) is 4.28. The molecule has 2 nitrogen and oxygen atoms in total. The number of halogens is 3. The van der Waals surface area contributed by atoms with E-state index in [0.29, 0.717) is 5.52 Å². The van der Waals surface area contributed by atoms with E-state index in [4.69, 9.17) is 23.2 Å². The fraction of sp³-hybridized carbons (Fsp3) is 0.533. The van der Waals surface area contributed by atoms with E-state index in [0.717, 1.165) is 17.9 Å². The monoisotopic (exact) mass is 314 g/mol. The zero-order chi connectivity index (χ0) is 14.5. The number of nitrogens with zero attached hydrogens (tertiary/aromatic N) is 2. The maximum Gasteiger partial charge on any atom is 0.144 e. The molecular formula is C15H17Cl2FN2. The molecule has 0 N–H and O–H groups in total. The second-order valence-electron chi connectivity index (χ2n) is 6.09. The Hall–Kier alpha value is -0.800. The van der Waals surface area contributed by atoms with E-state index in [1.54, 1.807) is 6.07 Å². The van der Waals surface area contributed by atoms with Crippen molar-refractivity contribution in [1.29, 1.82) is 0 Å². The average Bonchev–Trinajstić information content (AvgIpc) is 2.67. The molecule has 0 amide bonds. The summed E-state index contributed by atoms with van der Waals surface area (Å²) in [6.07, 6.45) is 3.65. The summed E-state index contributed by atoms with van der Waals surface area (Å²) in [6.45, 7) is 4.98. The van der Waals surface area contributed by atoms with E-state index in [1.165, 1.54) is 25.3 Å². The SMILES string of the molecule is CC(Cl)c1nc2cc(Cl)c(F)cc2n1CC1(C)CCC1. The number of hydrogen-bond acceptors (Lipinski definition) is 1. The van der Waals surface area contributed by atoms with Crippen LogP contribution < -0.4 is 0 Å². The van der Waals surface area contributed by atoms with Crippen LogP contribution in [0.4, 0.5) is 4.39 Å². The smallest absolute Gasteiger partial charge is 0.144 e. The van der Waals surface area contributed by atoms with Gasteiger partial charge in [0.25, 0.3) is 0 Å². The van der Waals surface area contributed by atoms with E-state index in [1.807, 2.05) is 6.92 Å². The number of rotatable bonds is 3. The zero-order valence-electron chi connectivity index (χ0n) is 11.6. The molecule has 0 aliphatic heterocycles. The number of alkyl halides is 1. The van der Waals surface area contributed by atoms with E-state index >= 15 is 0 Å². The Bertz CT molecular complexity index is 659. The molecule has 1 aromatic carbocycles. The lowest BCUT2D eigenvalue weighted by Crippen LogP contribution is -2.31. The molecule has 1 aromatic heterocycles. The van der Waals surface area contributed by atoms with Gasteiger partial charge in [-0.15, -0.1) is 11.6 Å². The molecule has 1 unspecified atom stereocenters. The molecule has 20 heavy (non-hydrogen) atoms. The third kappa shape index (κ3) is 2.31. The molecule has 1 aliphatic rings. The molecule has 5 heteroatoms. The maximum atomic E-state index is 13.8. The van der Waals surface area contributed by atoms with E-state index < -0.39 is 5.82 Å². The highest BCUT2D eigenvalue weighted by atomic mass is 35.5. The summed E-state index contributed by atoms with van der Waals surface area (Å²) >= 11 is 12.1. The molecule has 1 heterocycles. The number of imidazole rings is 1. The van der Waals surface area contributed by atoms with Gasteiger partial charge in [-0.3, -0.25) is 0 Å². The molecule has 3 rings (SSSR count).